The Balaban J connectivity index is 2.93. The second-order valence-electron chi connectivity index (χ2n) is 2.38. The monoisotopic (exact) mass is 148 g/mol. The summed E-state index contributed by atoms with van der Waals surface area (Å²) in [5.41, 5.74) is 8.13. The van der Waals surface area contributed by atoms with Crippen LogP contribution in [0.3, 0.4) is 0 Å². The molecule has 0 heterocycles. The van der Waals surface area contributed by atoms with E-state index in [4.69, 9.17) is 5.73 Å². The van der Waals surface area contributed by atoms with Crippen LogP contribution in [-0.2, 0) is 0 Å². The first kappa shape index (κ1) is 7.79. The molecule has 0 saturated carbocycles. The highest BCUT2D eigenvalue weighted by molar-refractivity contribution is 5.58. The summed E-state index contributed by atoms with van der Waals surface area (Å²) >= 11 is 0. The minimum atomic E-state index is 0.597. The van der Waals surface area contributed by atoms with Crippen LogP contribution in [0.4, 0.5) is 0 Å². The number of rotatable bonds is 2. The topological polar surface area (TPSA) is 38.4 Å². The molecule has 0 amide bonds. The average molecular weight is 148 g/mol. The predicted molar refractivity (Wildman–Crippen MR) is 48.3 cm³/mol. The molecule has 0 bridgehead atoms. The summed E-state index contributed by atoms with van der Waals surface area (Å²) in [6.45, 7) is 5.56. The van der Waals surface area contributed by atoms with Gasteiger partial charge in [0.15, 0.2) is 0 Å². The predicted octanol–water partition coefficient (Wildman–Crippen LogP) is 1.76. The number of nitrogens with two attached hydrogens (primary N) is 1. The normalized spacial score (nSPS) is 16.8. The van der Waals surface area contributed by atoms with Gasteiger partial charge in [0.2, 0.25) is 0 Å². The first-order chi connectivity index (χ1) is 5.25. The van der Waals surface area contributed by atoms with Crippen LogP contribution in [-0.4, -0.2) is 6.21 Å². The fourth-order valence-electron chi connectivity index (χ4n) is 1.07. The first-order valence-electron chi connectivity index (χ1n) is 3.59. The van der Waals surface area contributed by atoms with Gasteiger partial charge in [-0.1, -0.05) is 18.7 Å². The van der Waals surface area contributed by atoms with Crippen LogP contribution in [0.5, 0.6) is 0 Å². The van der Waals surface area contributed by atoms with Crippen molar-refractivity contribution in [2.75, 3.05) is 0 Å². The summed E-state index contributed by atoms with van der Waals surface area (Å²) in [6, 6.07) is 0. The Kier molecular flexibility index (Phi) is 2.26. The molecule has 1 rings (SSSR count). The Morgan fingerprint density at radius 1 is 1.82 bits per heavy atom. The van der Waals surface area contributed by atoms with Crippen LogP contribution in [0, 0.1) is 0 Å². The minimum Gasteiger partial charge on any atom is -0.399 e. The molecule has 0 aromatic heterocycles. The number of nitrogens with zero attached hydrogens (tertiary/aromatic N) is 1. The van der Waals surface area contributed by atoms with E-state index in [0.29, 0.717) is 5.70 Å². The van der Waals surface area contributed by atoms with Crippen LogP contribution in [0.2, 0.25) is 0 Å². The molecule has 2 nitrogen and oxygen atoms in total. The van der Waals surface area contributed by atoms with Crippen LogP contribution < -0.4 is 5.73 Å². The molecule has 0 atom stereocenters. The van der Waals surface area contributed by atoms with Crippen molar-refractivity contribution in [3.63, 3.8) is 0 Å². The van der Waals surface area contributed by atoms with E-state index in [9.17, 15) is 0 Å². The zero-order valence-electron chi connectivity index (χ0n) is 6.67. The van der Waals surface area contributed by atoms with Crippen molar-refractivity contribution in [3.05, 3.63) is 35.7 Å². The lowest BCUT2D eigenvalue weighted by atomic mass is 10.2. The Bertz CT molecular complexity index is 257. The van der Waals surface area contributed by atoms with Crippen molar-refractivity contribution in [2.24, 2.45) is 10.7 Å². The highest BCUT2D eigenvalue weighted by Crippen LogP contribution is 2.22. The molecule has 1 aliphatic rings. The number of hydrogen-bond acceptors (Lipinski definition) is 2. The van der Waals surface area contributed by atoms with Crippen molar-refractivity contribution in [1.82, 2.24) is 0 Å². The summed E-state index contributed by atoms with van der Waals surface area (Å²) in [7, 11) is 0. The molecule has 0 saturated heterocycles. The van der Waals surface area contributed by atoms with E-state index >= 15 is 0 Å². The van der Waals surface area contributed by atoms with Gasteiger partial charge in [0.05, 0.1) is 5.70 Å². The van der Waals surface area contributed by atoms with Gasteiger partial charge in [-0.15, -0.1) is 0 Å². The van der Waals surface area contributed by atoms with E-state index in [1.807, 2.05) is 19.1 Å². The van der Waals surface area contributed by atoms with Crippen LogP contribution in [0.15, 0.2) is 40.7 Å². The van der Waals surface area contributed by atoms with E-state index in [1.165, 1.54) is 0 Å². The van der Waals surface area contributed by atoms with Crippen molar-refractivity contribution < 1.29 is 0 Å². The second kappa shape index (κ2) is 3.19. The summed E-state index contributed by atoms with van der Waals surface area (Å²) in [5, 5.41) is 0. The van der Waals surface area contributed by atoms with Crippen LogP contribution in [0.25, 0.3) is 0 Å². The lowest BCUT2D eigenvalue weighted by Crippen LogP contribution is -1.97. The fraction of sp³-hybridized carbons (Fsp3) is 0.222. The minimum absolute atomic E-state index is 0.597. The number of aliphatic imine (C=N–C) groups is 1. The zero-order chi connectivity index (χ0) is 8.27. The van der Waals surface area contributed by atoms with Gasteiger partial charge in [0.1, 0.15) is 0 Å². The molecule has 11 heavy (non-hydrogen) atoms. The van der Waals surface area contributed by atoms with Gasteiger partial charge in [-0.05, 0) is 6.92 Å². The van der Waals surface area contributed by atoms with E-state index in [1.54, 1.807) is 6.21 Å². The van der Waals surface area contributed by atoms with Crippen molar-refractivity contribution in [1.29, 1.82) is 0 Å². The molecular formula is C9H12N2. The standard InChI is InChI=1S/C9H12N2/c1-3-11-9-6-4-5-8(9)7(2)10/h3-5H,2,6,10H2,1H3. The lowest BCUT2D eigenvalue weighted by Gasteiger charge is -1.99. The van der Waals surface area contributed by atoms with E-state index in [-0.39, 0.29) is 0 Å². The Morgan fingerprint density at radius 2 is 2.55 bits per heavy atom. The summed E-state index contributed by atoms with van der Waals surface area (Å²) in [4.78, 5) is 4.18. The Hall–Kier alpha value is -1.31. The molecular weight excluding hydrogens is 136 g/mol. The molecule has 0 aromatic rings. The molecule has 2 N–H and O–H groups in total. The second-order valence-corrected chi connectivity index (χ2v) is 2.38. The molecule has 0 fully saturated rings. The average Bonchev–Trinajstić information content (AvgIpc) is 2.36. The highest BCUT2D eigenvalue weighted by Gasteiger charge is 2.07. The van der Waals surface area contributed by atoms with Gasteiger partial charge >= 0.3 is 0 Å². The van der Waals surface area contributed by atoms with Gasteiger partial charge in [-0.2, -0.15) is 0 Å². The smallest absolute Gasteiger partial charge is 0.0529 e. The highest BCUT2D eigenvalue weighted by atomic mass is 14.7. The quantitative estimate of drug-likeness (QED) is 0.595. The van der Waals surface area contributed by atoms with Crippen molar-refractivity contribution >= 4 is 6.21 Å². The number of allylic oxidation sites excluding steroid dienone is 2. The van der Waals surface area contributed by atoms with E-state index in [0.717, 1.165) is 17.7 Å². The van der Waals surface area contributed by atoms with E-state index in [2.05, 4.69) is 11.6 Å². The maximum absolute atomic E-state index is 5.54. The summed E-state index contributed by atoms with van der Waals surface area (Å²) in [6.07, 6.45) is 6.64. The molecule has 0 spiro atoms. The van der Waals surface area contributed by atoms with E-state index < -0.39 is 0 Å². The lowest BCUT2D eigenvalue weighted by molar-refractivity contribution is 1.17. The van der Waals surface area contributed by atoms with Gasteiger partial charge < -0.3 is 5.73 Å². The van der Waals surface area contributed by atoms with Gasteiger partial charge in [0, 0.05) is 23.9 Å². The van der Waals surface area contributed by atoms with Gasteiger partial charge in [-0.3, -0.25) is 4.99 Å². The first-order valence-corrected chi connectivity index (χ1v) is 3.59. The maximum Gasteiger partial charge on any atom is 0.0529 e. The Labute approximate surface area is 66.8 Å². The van der Waals surface area contributed by atoms with Crippen molar-refractivity contribution in [3.8, 4) is 0 Å². The maximum atomic E-state index is 5.54. The van der Waals surface area contributed by atoms with Crippen LogP contribution in [0.1, 0.15) is 13.3 Å². The fourth-order valence-corrected chi connectivity index (χ4v) is 1.07. The molecule has 2 heteroatoms. The molecule has 1 aliphatic carbocycles. The largest absolute Gasteiger partial charge is 0.399 e. The number of hydrogen-bond donors (Lipinski definition) is 1. The third-order valence-corrected chi connectivity index (χ3v) is 1.54. The molecule has 58 valence electrons. The van der Waals surface area contributed by atoms with Gasteiger partial charge in [-0.25, -0.2) is 0 Å². The molecule has 0 aromatic carbocycles. The van der Waals surface area contributed by atoms with Crippen molar-refractivity contribution in [2.45, 2.75) is 13.3 Å². The summed E-state index contributed by atoms with van der Waals surface area (Å²) < 4.78 is 0. The molecule has 0 radical (unpaired) electrons. The molecule has 0 aliphatic heterocycles. The Morgan fingerprint density at radius 3 is 3.09 bits per heavy atom. The summed E-state index contributed by atoms with van der Waals surface area (Å²) in [5.74, 6) is 0. The van der Waals surface area contributed by atoms with Crippen LogP contribution >= 0.6 is 0 Å². The third kappa shape index (κ3) is 1.58. The zero-order valence-corrected chi connectivity index (χ0v) is 6.67. The third-order valence-electron chi connectivity index (χ3n) is 1.54. The molecule has 0 unspecified atom stereocenters. The SMILES string of the molecule is C=C(N)C1=C(N=CC)CC=C1. The van der Waals surface area contributed by atoms with Gasteiger partial charge in [0.25, 0.3) is 0 Å².